The van der Waals surface area contributed by atoms with Gasteiger partial charge in [-0.1, -0.05) is 23.4 Å². The molecule has 1 N–H and O–H groups in total. The average Bonchev–Trinajstić information content (AvgIpc) is 3.25. The lowest BCUT2D eigenvalue weighted by molar-refractivity contribution is -0.137. The van der Waals surface area contributed by atoms with Crippen LogP contribution in [0.1, 0.15) is 17.0 Å². The largest absolute Gasteiger partial charge is 0.418 e. The van der Waals surface area contributed by atoms with Crippen molar-refractivity contribution in [3.63, 3.8) is 0 Å². The zero-order valence-corrected chi connectivity index (χ0v) is 16.4. The van der Waals surface area contributed by atoms with Gasteiger partial charge >= 0.3 is 11.9 Å². The maximum Gasteiger partial charge on any atom is 0.418 e. The minimum absolute atomic E-state index is 0.242. The van der Waals surface area contributed by atoms with Crippen molar-refractivity contribution in [1.82, 2.24) is 19.7 Å². The number of pyridine rings is 1. The standard InChI is InChI=1S/C22H15F3N4O2/c1-11-19(12(2)31-28-11)13-7-8-14-16(9-13)26-10-17-20(14)29(21(30)27-17)18-6-4-3-5-15(18)22(23,24)25/h3-10H,1-2H3,(H,27,30). The van der Waals surface area contributed by atoms with Gasteiger partial charge in [0.25, 0.3) is 0 Å². The van der Waals surface area contributed by atoms with Crippen molar-refractivity contribution in [3.05, 3.63) is 76.2 Å². The topological polar surface area (TPSA) is 76.7 Å². The summed E-state index contributed by atoms with van der Waals surface area (Å²) in [6, 6.07) is 10.4. The van der Waals surface area contributed by atoms with Crippen molar-refractivity contribution < 1.29 is 17.7 Å². The predicted octanol–water partition coefficient (Wildman–Crippen LogP) is 5.16. The van der Waals surface area contributed by atoms with Crippen LogP contribution in [0.15, 0.2) is 58.0 Å². The molecule has 0 fully saturated rings. The van der Waals surface area contributed by atoms with Crippen LogP contribution in [-0.4, -0.2) is 19.7 Å². The van der Waals surface area contributed by atoms with E-state index in [2.05, 4.69) is 15.1 Å². The van der Waals surface area contributed by atoms with Crippen molar-refractivity contribution >= 4 is 21.9 Å². The second kappa shape index (κ2) is 6.56. The molecule has 0 saturated carbocycles. The number of hydrogen-bond acceptors (Lipinski definition) is 4. The van der Waals surface area contributed by atoms with Gasteiger partial charge < -0.3 is 9.51 Å². The maximum atomic E-state index is 13.6. The molecule has 0 spiro atoms. The Morgan fingerprint density at radius 1 is 1.10 bits per heavy atom. The van der Waals surface area contributed by atoms with Crippen LogP contribution in [0.25, 0.3) is 38.8 Å². The first kappa shape index (κ1) is 19.1. The van der Waals surface area contributed by atoms with Crippen LogP contribution < -0.4 is 5.69 Å². The molecule has 0 unspecified atom stereocenters. The van der Waals surface area contributed by atoms with E-state index in [4.69, 9.17) is 4.52 Å². The Kier molecular flexibility index (Phi) is 4.04. The van der Waals surface area contributed by atoms with Gasteiger partial charge in [0, 0.05) is 10.9 Å². The highest BCUT2D eigenvalue weighted by molar-refractivity contribution is 6.04. The number of fused-ring (bicyclic) bond motifs is 3. The van der Waals surface area contributed by atoms with Crippen molar-refractivity contribution in [2.45, 2.75) is 20.0 Å². The van der Waals surface area contributed by atoms with E-state index in [0.29, 0.717) is 27.7 Å². The Morgan fingerprint density at radius 2 is 1.87 bits per heavy atom. The van der Waals surface area contributed by atoms with Crippen LogP contribution in [0.2, 0.25) is 0 Å². The number of alkyl halides is 3. The number of aromatic nitrogens is 4. The van der Waals surface area contributed by atoms with Crippen molar-refractivity contribution in [2.75, 3.05) is 0 Å². The van der Waals surface area contributed by atoms with E-state index in [0.717, 1.165) is 27.5 Å². The summed E-state index contributed by atoms with van der Waals surface area (Å²) in [5.74, 6) is 0.649. The molecule has 0 bridgehead atoms. The predicted molar refractivity (Wildman–Crippen MR) is 109 cm³/mol. The van der Waals surface area contributed by atoms with Gasteiger partial charge in [-0.05, 0) is 43.7 Å². The molecule has 0 amide bonds. The molecule has 6 nitrogen and oxygen atoms in total. The minimum Gasteiger partial charge on any atom is -0.361 e. The van der Waals surface area contributed by atoms with E-state index in [1.54, 1.807) is 19.1 Å². The van der Waals surface area contributed by atoms with Gasteiger partial charge in [0.2, 0.25) is 0 Å². The number of benzene rings is 2. The van der Waals surface area contributed by atoms with Crippen LogP contribution in [0.4, 0.5) is 13.2 Å². The number of nitrogens with one attached hydrogen (secondary N) is 1. The maximum absolute atomic E-state index is 13.6. The molecule has 5 aromatic rings. The first-order chi connectivity index (χ1) is 14.8. The highest BCUT2D eigenvalue weighted by Crippen LogP contribution is 2.36. The number of para-hydroxylation sites is 1. The first-order valence-corrected chi connectivity index (χ1v) is 9.39. The van der Waals surface area contributed by atoms with Gasteiger partial charge in [0.1, 0.15) is 5.76 Å². The monoisotopic (exact) mass is 424 g/mol. The molecule has 0 atom stereocenters. The molecule has 2 aromatic carbocycles. The van der Waals surface area contributed by atoms with Crippen LogP contribution in [0.5, 0.6) is 0 Å². The molecule has 0 radical (unpaired) electrons. The second-order valence-electron chi connectivity index (χ2n) is 7.23. The van der Waals surface area contributed by atoms with E-state index in [-0.39, 0.29) is 5.69 Å². The fraction of sp³-hybridized carbons (Fsp3) is 0.136. The molecule has 0 aliphatic heterocycles. The molecule has 5 rings (SSSR count). The second-order valence-corrected chi connectivity index (χ2v) is 7.23. The Bertz CT molecular complexity index is 1510. The Balaban J connectivity index is 1.83. The van der Waals surface area contributed by atoms with Gasteiger partial charge in [-0.15, -0.1) is 0 Å². The summed E-state index contributed by atoms with van der Waals surface area (Å²) in [5.41, 5.74) is 1.77. The third-order valence-corrected chi connectivity index (χ3v) is 5.28. The van der Waals surface area contributed by atoms with E-state index >= 15 is 0 Å². The number of aryl methyl sites for hydroxylation is 2. The number of halogens is 3. The molecule has 0 aliphatic rings. The van der Waals surface area contributed by atoms with E-state index < -0.39 is 17.4 Å². The summed E-state index contributed by atoms with van der Waals surface area (Å²) >= 11 is 0. The summed E-state index contributed by atoms with van der Waals surface area (Å²) in [7, 11) is 0. The quantitative estimate of drug-likeness (QED) is 0.425. The molecular formula is C22H15F3N4O2. The van der Waals surface area contributed by atoms with E-state index in [9.17, 15) is 18.0 Å². The normalized spacial score (nSPS) is 12.2. The van der Waals surface area contributed by atoms with Crippen LogP contribution in [0.3, 0.4) is 0 Å². The van der Waals surface area contributed by atoms with Crippen molar-refractivity contribution in [3.8, 4) is 16.8 Å². The van der Waals surface area contributed by atoms with Crippen LogP contribution in [0, 0.1) is 13.8 Å². The number of rotatable bonds is 2. The Hall–Kier alpha value is -3.88. The Morgan fingerprint density at radius 3 is 2.58 bits per heavy atom. The lowest BCUT2D eigenvalue weighted by Crippen LogP contribution is -2.19. The fourth-order valence-corrected chi connectivity index (χ4v) is 3.97. The smallest absolute Gasteiger partial charge is 0.361 e. The van der Waals surface area contributed by atoms with Gasteiger partial charge in [0.05, 0.1) is 39.7 Å². The van der Waals surface area contributed by atoms with Crippen LogP contribution in [-0.2, 0) is 6.18 Å². The van der Waals surface area contributed by atoms with E-state index in [1.165, 1.54) is 24.4 Å². The highest BCUT2D eigenvalue weighted by atomic mass is 19.4. The molecule has 3 heterocycles. The minimum atomic E-state index is -4.61. The zero-order chi connectivity index (χ0) is 21.9. The molecule has 0 saturated heterocycles. The first-order valence-electron chi connectivity index (χ1n) is 9.39. The fourth-order valence-electron chi connectivity index (χ4n) is 3.97. The van der Waals surface area contributed by atoms with Gasteiger partial charge in [0.15, 0.2) is 0 Å². The van der Waals surface area contributed by atoms with E-state index in [1.807, 2.05) is 13.0 Å². The average molecular weight is 424 g/mol. The summed E-state index contributed by atoms with van der Waals surface area (Å²) in [5, 5.41) is 4.50. The zero-order valence-electron chi connectivity index (χ0n) is 16.4. The Labute approximate surface area is 172 Å². The van der Waals surface area contributed by atoms with Crippen LogP contribution >= 0.6 is 0 Å². The summed E-state index contributed by atoms with van der Waals surface area (Å²) in [6.45, 7) is 3.62. The lowest BCUT2D eigenvalue weighted by atomic mass is 10.0. The summed E-state index contributed by atoms with van der Waals surface area (Å²) < 4.78 is 47.1. The van der Waals surface area contributed by atoms with Gasteiger partial charge in [-0.3, -0.25) is 9.55 Å². The van der Waals surface area contributed by atoms with Crippen molar-refractivity contribution in [1.29, 1.82) is 0 Å². The third-order valence-electron chi connectivity index (χ3n) is 5.28. The number of hydrogen-bond donors (Lipinski definition) is 1. The highest BCUT2D eigenvalue weighted by Gasteiger charge is 2.34. The summed E-state index contributed by atoms with van der Waals surface area (Å²) in [4.78, 5) is 19.7. The number of imidazole rings is 1. The molecule has 9 heteroatoms. The molecule has 3 aromatic heterocycles. The SMILES string of the molecule is Cc1noc(C)c1-c1ccc2c(c1)ncc1[nH]c(=O)n(-c3ccccc3C(F)(F)F)c12. The lowest BCUT2D eigenvalue weighted by Gasteiger charge is -2.14. The van der Waals surface area contributed by atoms with Gasteiger partial charge in [-0.2, -0.15) is 13.2 Å². The number of aromatic amines is 1. The third kappa shape index (κ3) is 2.92. The summed E-state index contributed by atoms with van der Waals surface area (Å²) in [6.07, 6.45) is -3.16. The molecule has 156 valence electrons. The molecular weight excluding hydrogens is 409 g/mol. The van der Waals surface area contributed by atoms with Crippen molar-refractivity contribution in [2.24, 2.45) is 0 Å². The number of nitrogens with zero attached hydrogens (tertiary/aromatic N) is 3. The van der Waals surface area contributed by atoms with Gasteiger partial charge in [-0.25, -0.2) is 4.79 Å². The number of H-pyrrole nitrogens is 1. The molecule has 31 heavy (non-hydrogen) atoms. The molecule has 0 aliphatic carbocycles.